The molecule has 3 aromatic heterocycles. The van der Waals surface area contributed by atoms with Gasteiger partial charge in [-0.05, 0) is 48.8 Å². The zero-order valence-electron chi connectivity index (χ0n) is 12.7. The van der Waals surface area contributed by atoms with E-state index in [4.69, 9.17) is 0 Å². The molecule has 0 bridgehead atoms. The van der Waals surface area contributed by atoms with Crippen LogP contribution in [0.25, 0.3) is 5.78 Å². The fraction of sp³-hybridized carbons (Fsp3) is 0.500. The minimum absolute atomic E-state index is 0.592. The van der Waals surface area contributed by atoms with Crippen molar-refractivity contribution in [1.29, 1.82) is 0 Å². The summed E-state index contributed by atoms with van der Waals surface area (Å²) < 4.78 is 3.49. The van der Waals surface area contributed by atoms with Crippen molar-refractivity contribution in [3.8, 4) is 0 Å². The van der Waals surface area contributed by atoms with Crippen molar-refractivity contribution < 1.29 is 0 Å². The maximum atomic E-state index is 4.44. The Kier molecular flexibility index (Phi) is 4.29. The maximum absolute atomic E-state index is 4.44. The monoisotopic (exact) mass is 319 g/mol. The van der Waals surface area contributed by atoms with Crippen LogP contribution < -0.4 is 0 Å². The van der Waals surface area contributed by atoms with Gasteiger partial charge in [-0.15, -0.1) is 5.10 Å². The quantitative estimate of drug-likeness (QED) is 0.603. The van der Waals surface area contributed by atoms with Crippen molar-refractivity contribution in [1.82, 2.24) is 44.7 Å². The number of nitrogens with zero attached hydrogens (tertiary/aromatic N) is 9. The van der Waals surface area contributed by atoms with E-state index < -0.39 is 0 Å². The molecule has 3 heterocycles. The third-order valence-corrected chi connectivity index (χ3v) is 4.06. The lowest BCUT2D eigenvalue weighted by atomic mass is 10.3. The predicted octanol–water partition coefficient (Wildman–Crippen LogP) is 0.386. The van der Waals surface area contributed by atoms with E-state index in [1.807, 2.05) is 20.2 Å². The Morgan fingerprint density at radius 3 is 2.95 bits per heavy atom. The number of fused-ring (bicyclic) bond motifs is 1. The highest BCUT2D eigenvalue weighted by molar-refractivity contribution is 7.99. The maximum Gasteiger partial charge on any atom is 0.253 e. The molecule has 0 saturated carbocycles. The Morgan fingerprint density at radius 1 is 1.32 bits per heavy atom. The van der Waals surface area contributed by atoms with Gasteiger partial charge in [0.15, 0.2) is 0 Å². The smallest absolute Gasteiger partial charge is 0.253 e. The van der Waals surface area contributed by atoms with Gasteiger partial charge < -0.3 is 4.90 Å². The number of aryl methyl sites for hydroxylation is 1. The predicted molar refractivity (Wildman–Crippen MR) is 80.7 cm³/mol. The SMILES string of the molecule is CCc1cc(Sc2nnnn2CCN(C)C)n2ncnc2n1. The molecule has 0 unspecified atom stereocenters. The van der Waals surface area contributed by atoms with Crippen LogP contribution in [0.15, 0.2) is 22.6 Å². The van der Waals surface area contributed by atoms with Crippen molar-refractivity contribution in [2.45, 2.75) is 30.1 Å². The summed E-state index contributed by atoms with van der Waals surface area (Å²) >= 11 is 1.47. The average Bonchev–Trinajstić information content (AvgIpc) is 3.13. The first kappa shape index (κ1) is 14.9. The summed E-state index contributed by atoms with van der Waals surface area (Å²) in [6.07, 6.45) is 2.34. The van der Waals surface area contributed by atoms with E-state index in [2.05, 4.69) is 42.4 Å². The number of hydrogen-bond donors (Lipinski definition) is 0. The summed E-state index contributed by atoms with van der Waals surface area (Å²) in [6.45, 7) is 3.66. The number of hydrogen-bond acceptors (Lipinski definition) is 8. The highest BCUT2D eigenvalue weighted by Crippen LogP contribution is 2.25. The molecule has 9 nitrogen and oxygen atoms in total. The van der Waals surface area contributed by atoms with E-state index in [0.717, 1.165) is 35.4 Å². The zero-order valence-corrected chi connectivity index (χ0v) is 13.5. The highest BCUT2D eigenvalue weighted by Gasteiger charge is 2.13. The average molecular weight is 319 g/mol. The lowest BCUT2D eigenvalue weighted by Crippen LogP contribution is -2.19. The molecular weight excluding hydrogens is 302 g/mol. The van der Waals surface area contributed by atoms with Gasteiger partial charge in [0, 0.05) is 12.2 Å². The summed E-state index contributed by atoms with van der Waals surface area (Å²) in [4.78, 5) is 10.7. The van der Waals surface area contributed by atoms with Gasteiger partial charge in [-0.2, -0.15) is 14.6 Å². The van der Waals surface area contributed by atoms with Gasteiger partial charge in [0.05, 0.1) is 6.54 Å². The van der Waals surface area contributed by atoms with Gasteiger partial charge in [0.25, 0.3) is 5.78 Å². The molecule has 3 aromatic rings. The number of aromatic nitrogens is 8. The Labute approximate surface area is 131 Å². The molecule has 10 heteroatoms. The normalized spacial score (nSPS) is 11.6. The van der Waals surface area contributed by atoms with E-state index in [1.54, 1.807) is 9.20 Å². The molecule has 0 aliphatic heterocycles. The lowest BCUT2D eigenvalue weighted by molar-refractivity contribution is 0.361. The number of tetrazole rings is 1. The van der Waals surface area contributed by atoms with E-state index in [1.165, 1.54) is 18.1 Å². The minimum atomic E-state index is 0.592. The lowest BCUT2D eigenvalue weighted by Gasteiger charge is -2.10. The fourth-order valence-corrected chi connectivity index (χ4v) is 2.79. The van der Waals surface area contributed by atoms with Crippen LogP contribution in [0, 0.1) is 0 Å². The molecule has 0 aromatic carbocycles. The molecular formula is C12H17N9S. The van der Waals surface area contributed by atoms with Crippen molar-refractivity contribution in [3.05, 3.63) is 18.1 Å². The first-order valence-electron chi connectivity index (χ1n) is 6.95. The summed E-state index contributed by atoms with van der Waals surface area (Å²) in [5.41, 5.74) is 0.968. The fourth-order valence-electron chi connectivity index (χ4n) is 1.88. The molecule has 0 saturated heterocycles. The minimum Gasteiger partial charge on any atom is -0.308 e. The van der Waals surface area contributed by atoms with Crippen LogP contribution in [0.1, 0.15) is 12.6 Å². The van der Waals surface area contributed by atoms with Gasteiger partial charge in [0.2, 0.25) is 5.16 Å². The van der Waals surface area contributed by atoms with E-state index in [-0.39, 0.29) is 0 Å². The van der Waals surface area contributed by atoms with Gasteiger partial charge in [-0.25, -0.2) is 9.67 Å². The van der Waals surface area contributed by atoms with Crippen LogP contribution >= 0.6 is 11.8 Å². The van der Waals surface area contributed by atoms with Crippen LogP contribution in [0.5, 0.6) is 0 Å². The molecule has 116 valence electrons. The Bertz CT molecular complexity index is 763. The molecule has 0 spiro atoms. The second-order valence-electron chi connectivity index (χ2n) is 5.00. The topological polar surface area (TPSA) is 89.9 Å². The van der Waals surface area contributed by atoms with E-state index >= 15 is 0 Å². The molecule has 22 heavy (non-hydrogen) atoms. The summed E-state index contributed by atoms with van der Waals surface area (Å²) in [5.74, 6) is 0.592. The van der Waals surface area contributed by atoms with Crippen molar-refractivity contribution in [3.63, 3.8) is 0 Å². The van der Waals surface area contributed by atoms with Gasteiger partial charge >= 0.3 is 0 Å². The van der Waals surface area contributed by atoms with E-state index in [9.17, 15) is 0 Å². The molecule has 3 rings (SSSR count). The first-order chi connectivity index (χ1) is 10.7. The summed E-state index contributed by atoms with van der Waals surface area (Å²) in [7, 11) is 4.04. The van der Waals surface area contributed by atoms with Crippen LogP contribution in [0.4, 0.5) is 0 Å². The standard InChI is InChI=1S/C12H17N9S/c1-4-9-7-10(21-11(15-9)13-8-14-21)22-12-16-17-18-20(12)6-5-19(2)3/h7-8H,4-6H2,1-3H3. The van der Waals surface area contributed by atoms with Crippen molar-refractivity contribution in [2.24, 2.45) is 0 Å². The molecule has 0 radical (unpaired) electrons. The Morgan fingerprint density at radius 2 is 2.18 bits per heavy atom. The van der Waals surface area contributed by atoms with Crippen LogP contribution in [-0.4, -0.2) is 65.3 Å². The Hall–Kier alpha value is -2.07. The third-order valence-electron chi connectivity index (χ3n) is 3.09. The van der Waals surface area contributed by atoms with Crippen molar-refractivity contribution >= 4 is 17.5 Å². The Balaban J connectivity index is 1.90. The highest BCUT2D eigenvalue weighted by atomic mass is 32.2. The second kappa shape index (κ2) is 6.36. The van der Waals surface area contributed by atoms with Gasteiger partial charge in [-0.1, -0.05) is 6.92 Å². The number of rotatable bonds is 6. The second-order valence-corrected chi connectivity index (χ2v) is 5.99. The van der Waals surface area contributed by atoms with Gasteiger partial charge in [0.1, 0.15) is 11.4 Å². The van der Waals surface area contributed by atoms with Gasteiger partial charge in [-0.3, -0.25) is 0 Å². The molecule has 0 amide bonds. The number of likely N-dealkylation sites (N-methyl/N-ethyl adjacent to an activating group) is 1. The molecule has 0 aliphatic carbocycles. The third kappa shape index (κ3) is 3.07. The molecule has 0 N–H and O–H groups in total. The van der Waals surface area contributed by atoms with E-state index in [0.29, 0.717) is 5.78 Å². The zero-order chi connectivity index (χ0) is 15.5. The molecule has 0 aliphatic rings. The largest absolute Gasteiger partial charge is 0.308 e. The summed E-state index contributed by atoms with van der Waals surface area (Å²) in [5, 5.41) is 17.8. The summed E-state index contributed by atoms with van der Waals surface area (Å²) in [6, 6.07) is 2.00. The molecule has 0 fully saturated rings. The van der Waals surface area contributed by atoms with Crippen LogP contribution in [0.2, 0.25) is 0 Å². The van der Waals surface area contributed by atoms with Crippen LogP contribution in [-0.2, 0) is 13.0 Å². The van der Waals surface area contributed by atoms with Crippen molar-refractivity contribution in [2.75, 3.05) is 20.6 Å². The molecule has 0 atom stereocenters. The first-order valence-corrected chi connectivity index (χ1v) is 7.77. The van der Waals surface area contributed by atoms with Crippen LogP contribution in [0.3, 0.4) is 0 Å².